The lowest BCUT2D eigenvalue weighted by molar-refractivity contribution is -0.137. The van der Waals surface area contributed by atoms with Gasteiger partial charge in [0.25, 0.3) is 0 Å². The minimum absolute atomic E-state index is 0.0137. The first-order valence-corrected chi connectivity index (χ1v) is 8.31. The van der Waals surface area contributed by atoms with Crippen LogP contribution in [0.1, 0.15) is 30.4 Å². The van der Waals surface area contributed by atoms with Crippen LogP contribution in [-0.2, 0) is 9.59 Å². The Hall–Kier alpha value is -2.82. The molecule has 0 saturated carbocycles. The van der Waals surface area contributed by atoms with Crippen molar-refractivity contribution in [2.45, 2.75) is 26.2 Å². The van der Waals surface area contributed by atoms with Crippen LogP contribution >= 0.6 is 0 Å². The summed E-state index contributed by atoms with van der Waals surface area (Å²) >= 11 is 0. The lowest BCUT2D eigenvalue weighted by Crippen LogP contribution is -2.23. The van der Waals surface area contributed by atoms with Crippen molar-refractivity contribution in [2.24, 2.45) is 0 Å². The lowest BCUT2D eigenvalue weighted by Gasteiger charge is -2.24. The number of benzene rings is 2. The van der Waals surface area contributed by atoms with Gasteiger partial charge in [-0.1, -0.05) is 18.2 Å². The van der Waals surface area contributed by atoms with Crippen molar-refractivity contribution in [2.75, 3.05) is 23.4 Å². The Balaban J connectivity index is 1.97. The fourth-order valence-corrected chi connectivity index (χ4v) is 3.44. The molecular formula is C20H22N2O3. The molecule has 1 atom stereocenters. The highest BCUT2D eigenvalue weighted by Crippen LogP contribution is 2.43. The van der Waals surface area contributed by atoms with E-state index in [9.17, 15) is 14.7 Å². The maximum absolute atomic E-state index is 11.6. The smallest absolute Gasteiger partial charge is 0.304 e. The van der Waals surface area contributed by atoms with Gasteiger partial charge in [0.1, 0.15) is 0 Å². The van der Waals surface area contributed by atoms with Gasteiger partial charge in [0.2, 0.25) is 5.91 Å². The molecule has 1 amide bonds. The van der Waals surface area contributed by atoms with Crippen molar-refractivity contribution >= 4 is 28.9 Å². The molecule has 25 heavy (non-hydrogen) atoms. The van der Waals surface area contributed by atoms with Crippen LogP contribution in [0.15, 0.2) is 42.5 Å². The van der Waals surface area contributed by atoms with Gasteiger partial charge in [0.05, 0.1) is 6.42 Å². The van der Waals surface area contributed by atoms with E-state index in [0.29, 0.717) is 6.54 Å². The van der Waals surface area contributed by atoms with Crippen LogP contribution in [0.3, 0.4) is 0 Å². The average Bonchev–Trinajstić information content (AvgIpc) is 2.92. The zero-order chi connectivity index (χ0) is 18.1. The molecule has 0 saturated heterocycles. The molecule has 2 aromatic carbocycles. The summed E-state index contributed by atoms with van der Waals surface area (Å²) in [6.07, 6.45) is 0.123. The monoisotopic (exact) mass is 338 g/mol. The van der Waals surface area contributed by atoms with Gasteiger partial charge in [-0.3, -0.25) is 9.59 Å². The van der Waals surface area contributed by atoms with E-state index in [0.717, 1.165) is 28.2 Å². The Labute approximate surface area is 147 Å². The van der Waals surface area contributed by atoms with E-state index >= 15 is 0 Å². The molecule has 0 fully saturated rings. The first-order chi connectivity index (χ1) is 11.9. The summed E-state index contributed by atoms with van der Waals surface area (Å²) in [5, 5.41) is 9.20. The van der Waals surface area contributed by atoms with Crippen LogP contribution in [0.25, 0.3) is 0 Å². The molecule has 1 aliphatic heterocycles. The van der Waals surface area contributed by atoms with Gasteiger partial charge in [-0.15, -0.1) is 0 Å². The molecule has 130 valence electrons. The Kier molecular flexibility index (Phi) is 4.49. The number of rotatable bonds is 4. The number of nitrogens with zero attached hydrogens (tertiary/aromatic N) is 2. The summed E-state index contributed by atoms with van der Waals surface area (Å²) in [5.74, 6) is -0.815. The molecule has 0 radical (unpaired) electrons. The first-order valence-electron chi connectivity index (χ1n) is 8.31. The van der Waals surface area contributed by atoms with Gasteiger partial charge >= 0.3 is 5.97 Å². The number of fused-ring (bicyclic) bond motifs is 1. The van der Waals surface area contributed by atoms with Crippen LogP contribution in [-0.4, -0.2) is 30.6 Å². The molecule has 0 aliphatic carbocycles. The third-order valence-electron chi connectivity index (χ3n) is 4.82. The van der Waals surface area contributed by atoms with Crippen LogP contribution in [0, 0.1) is 6.92 Å². The average molecular weight is 338 g/mol. The Morgan fingerprint density at radius 1 is 1.20 bits per heavy atom. The molecule has 5 nitrogen and oxygen atoms in total. The third-order valence-corrected chi connectivity index (χ3v) is 4.82. The Bertz CT molecular complexity index is 831. The van der Waals surface area contributed by atoms with Gasteiger partial charge in [0.15, 0.2) is 0 Å². The van der Waals surface area contributed by atoms with Gasteiger partial charge in [0, 0.05) is 43.5 Å². The number of aryl methyl sites for hydroxylation is 1. The van der Waals surface area contributed by atoms with Crippen molar-refractivity contribution in [3.63, 3.8) is 0 Å². The summed E-state index contributed by atoms with van der Waals surface area (Å²) in [4.78, 5) is 26.6. The number of carboxylic acids is 1. The molecule has 1 N–H and O–H groups in total. The number of carboxylic acid groups (broad SMARTS) is 1. The topological polar surface area (TPSA) is 60.9 Å². The number of para-hydroxylation sites is 1. The predicted molar refractivity (Wildman–Crippen MR) is 98.7 cm³/mol. The SMILES string of the molecule is CC(=O)N(C)c1ccc(N2CC(CC(=O)O)c3ccccc32)c(C)c1. The number of hydrogen-bond acceptors (Lipinski definition) is 3. The Morgan fingerprint density at radius 3 is 2.56 bits per heavy atom. The molecule has 0 bridgehead atoms. The zero-order valence-corrected chi connectivity index (χ0v) is 14.7. The number of amides is 1. The number of carbonyl (C=O) groups is 2. The molecular weight excluding hydrogens is 316 g/mol. The quantitative estimate of drug-likeness (QED) is 0.924. The summed E-state index contributed by atoms with van der Waals surface area (Å²) < 4.78 is 0. The fourth-order valence-electron chi connectivity index (χ4n) is 3.44. The van der Waals surface area contributed by atoms with E-state index in [2.05, 4.69) is 4.90 Å². The molecule has 1 aliphatic rings. The summed E-state index contributed by atoms with van der Waals surface area (Å²) in [5.41, 5.74) is 5.08. The van der Waals surface area contributed by atoms with Gasteiger partial charge in [-0.05, 0) is 42.3 Å². The molecule has 5 heteroatoms. The summed E-state index contributed by atoms with van der Waals surface area (Å²) in [6, 6.07) is 13.9. The van der Waals surface area contributed by atoms with E-state index in [1.807, 2.05) is 49.4 Å². The third kappa shape index (κ3) is 3.22. The van der Waals surface area contributed by atoms with E-state index in [1.54, 1.807) is 11.9 Å². The van der Waals surface area contributed by atoms with Crippen LogP contribution in [0.4, 0.5) is 17.1 Å². The molecule has 2 aromatic rings. The minimum Gasteiger partial charge on any atom is -0.481 e. The largest absolute Gasteiger partial charge is 0.481 e. The lowest BCUT2D eigenvalue weighted by atomic mass is 9.98. The van der Waals surface area contributed by atoms with E-state index < -0.39 is 5.97 Å². The fraction of sp³-hybridized carbons (Fsp3) is 0.300. The highest BCUT2D eigenvalue weighted by Gasteiger charge is 2.31. The van der Waals surface area contributed by atoms with Gasteiger partial charge in [-0.2, -0.15) is 0 Å². The Morgan fingerprint density at radius 2 is 1.92 bits per heavy atom. The predicted octanol–water partition coefficient (Wildman–Crippen LogP) is 3.69. The van der Waals surface area contributed by atoms with E-state index in [-0.39, 0.29) is 18.2 Å². The number of carbonyl (C=O) groups excluding carboxylic acids is 1. The number of aliphatic carboxylic acids is 1. The molecule has 0 spiro atoms. The molecule has 3 rings (SSSR count). The molecule has 1 unspecified atom stereocenters. The second-order valence-corrected chi connectivity index (χ2v) is 6.51. The van der Waals surface area contributed by atoms with Crippen molar-refractivity contribution in [1.82, 2.24) is 0 Å². The normalized spacial score (nSPS) is 15.8. The number of hydrogen-bond donors (Lipinski definition) is 1. The van der Waals surface area contributed by atoms with Crippen molar-refractivity contribution in [1.29, 1.82) is 0 Å². The van der Waals surface area contributed by atoms with Crippen LogP contribution < -0.4 is 9.80 Å². The highest BCUT2D eigenvalue weighted by molar-refractivity contribution is 5.91. The van der Waals surface area contributed by atoms with Gasteiger partial charge in [-0.25, -0.2) is 0 Å². The highest BCUT2D eigenvalue weighted by atomic mass is 16.4. The van der Waals surface area contributed by atoms with Crippen LogP contribution in [0.5, 0.6) is 0 Å². The first kappa shape index (κ1) is 17.0. The van der Waals surface area contributed by atoms with Crippen molar-refractivity contribution < 1.29 is 14.7 Å². The number of anilines is 3. The van der Waals surface area contributed by atoms with Crippen molar-refractivity contribution in [3.05, 3.63) is 53.6 Å². The van der Waals surface area contributed by atoms with Crippen LogP contribution in [0.2, 0.25) is 0 Å². The minimum atomic E-state index is -0.781. The molecule has 1 heterocycles. The van der Waals surface area contributed by atoms with Crippen molar-refractivity contribution in [3.8, 4) is 0 Å². The standard InChI is InChI=1S/C20H22N2O3/c1-13-10-16(21(3)14(2)23)8-9-18(13)22-12-15(11-20(24)25)17-6-4-5-7-19(17)22/h4-10,15H,11-12H2,1-3H3,(H,24,25). The second-order valence-electron chi connectivity index (χ2n) is 6.51. The maximum atomic E-state index is 11.6. The zero-order valence-electron chi connectivity index (χ0n) is 14.7. The summed E-state index contributed by atoms with van der Waals surface area (Å²) in [6.45, 7) is 4.20. The summed E-state index contributed by atoms with van der Waals surface area (Å²) in [7, 11) is 1.75. The van der Waals surface area contributed by atoms with E-state index in [1.165, 1.54) is 6.92 Å². The van der Waals surface area contributed by atoms with E-state index in [4.69, 9.17) is 0 Å². The van der Waals surface area contributed by atoms with Gasteiger partial charge < -0.3 is 14.9 Å². The maximum Gasteiger partial charge on any atom is 0.304 e. The second kappa shape index (κ2) is 6.59. The molecule has 0 aromatic heterocycles.